The van der Waals surface area contributed by atoms with Crippen LogP contribution in [0.25, 0.3) is 17.1 Å². The fraction of sp³-hybridized carbons (Fsp3) is 0. The van der Waals surface area contributed by atoms with Gasteiger partial charge in [-0.2, -0.15) is 0 Å². The van der Waals surface area contributed by atoms with Crippen molar-refractivity contribution in [3.05, 3.63) is 41.1 Å². The summed E-state index contributed by atoms with van der Waals surface area (Å²) in [5.74, 6) is -0.357. The summed E-state index contributed by atoms with van der Waals surface area (Å²) in [6, 6.07) is 5.49. The molecule has 1 fully saturated rings. The number of nitrogens with zero attached hydrogens (tertiary/aromatic N) is 2. The van der Waals surface area contributed by atoms with Crippen LogP contribution in [-0.2, 0) is 4.79 Å². The lowest BCUT2D eigenvalue weighted by molar-refractivity contribution is -0.115. The Labute approximate surface area is 106 Å². The van der Waals surface area contributed by atoms with Gasteiger partial charge in [0.1, 0.15) is 0 Å². The van der Waals surface area contributed by atoms with Gasteiger partial charge in [0.25, 0.3) is 11.1 Å². The first-order valence-corrected chi connectivity index (χ1v) is 6.00. The summed E-state index contributed by atoms with van der Waals surface area (Å²) in [6.45, 7) is 0. The van der Waals surface area contributed by atoms with E-state index < -0.39 is 0 Å². The molecule has 3 rings (SSSR count). The van der Waals surface area contributed by atoms with Gasteiger partial charge in [-0.3, -0.25) is 24.9 Å². The number of fused-ring (bicyclic) bond motifs is 1. The SMILES string of the molecule is O=C1NC(=O)/C(=C\c2ccc3nccnc3c2)S1. The number of benzene rings is 1. The maximum atomic E-state index is 11.4. The fourth-order valence-corrected chi connectivity index (χ4v) is 2.32. The van der Waals surface area contributed by atoms with Crippen molar-refractivity contribution in [2.45, 2.75) is 0 Å². The Morgan fingerprint density at radius 3 is 2.61 bits per heavy atom. The van der Waals surface area contributed by atoms with Crippen LogP contribution in [0.3, 0.4) is 0 Å². The van der Waals surface area contributed by atoms with Crippen LogP contribution < -0.4 is 5.32 Å². The minimum atomic E-state index is -0.357. The van der Waals surface area contributed by atoms with E-state index in [9.17, 15) is 9.59 Å². The Balaban J connectivity index is 2.02. The molecule has 2 heterocycles. The monoisotopic (exact) mass is 257 g/mol. The quantitative estimate of drug-likeness (QED) is 0.790. The van der Waals surface area contributed by atoms with E-state index in [1.54, 1.807) is 18.5 Å². The van der Waals surface area contributed by atoms with Crippen LogP contribution in [0.5, 0.6) is 0 Å². The highest BCUT2D eigenvalue weighted by Gasteiger charge is 2.24. The summed E-state index contributed by atoms with van der Waals surface area (Å²) in [6.07, 6.45) is 4.90. The van der Waals surface area contributed by atoms with Gasteiger partial charge in [0.2, 0.25) is 0 Å². The largest absolute Gasteiger partial charge is 0.290 e. The summed E-state index contributed by atoms with van der Waals surface area (Å²) < 4.78 is 0. The Kier molecular flexibility index (Phi) is 2.56. The zero-order valence-corrected chi connectivity index (χ0v) is 9.90. The molecule has 1 aromatic carbocycles. The molecule has 0 atom stereocenters. The molecule has 0 unspecified atom stereocenters. The normalized spacial score (nSPS) is 17.4. The number of rotatable bonds is 1. The number of carbonyl (C=O) groups is 2. The number of carbonyl (C=O) groups excluding carboxylic acids is 2. The summed E-state index contributed by atoms with van der Waals surface area (Å²) in [4.78, 5) is 31.2. The van der Waals surface area contributed by atoms with Gasteiger partial charge in [0.15, 0.2) is 0 Å². The van der Waals surface area contributed by atoms with Crippen LogP contribution in [0.15, 0.2) is 35.5 Å². The number of thioether (sulfide) groups is 1. The van der Waals surface area contributed by atoms with Crippen LogP contribution in [0.1, 0.15) is 5.56 Å². The standard InChI is InChI=1S/C12H7N3O2S/c16-11-10(18-12(17)15-11)6-7-1-2-8-9(5-7)14-4-3-13-8/h1-6H,(H,15,16,17)/b10-6+. The second-order valence-electron chi connectivity index (χ2n) is 3.66. The van der Waals surface area contributed by atoms with Crippen molar-refractivity contribution in [1.29, 1.82) is 0 Å². The summed E-state index contributed by atoms with van der Waals surface area (Å²) in [5, 5.41) is 1.87. The van der Waals surface area contributed by atoms with Crippen LogP contribution in [-0.4, -0.2) is 21.1 Å². The number of aromatic nitrogens is 2. The highest BCUT2D eigenvalue weighted by Crippen LogP contribution is 2.26. The Morgan fingerprint density at radius 2 is 1.89 bits per heavy atom. The van der Waals surface area contributed by atoms with Crippen LogP contribution in [0, 0.1) is 0 Å². The van der Waals surface area contributed by atoms with Gasteiger partial charge in [-0.25, -0.2) is 0 Å². The van der Waals surface area contributed by atoms with Crippen LogP contribution in [0.4, 0.5) is 4.79 Å². The van der Waals surface area contributed by atoms with Crippen molar-refractivity contribution in [3.8, 4) is 0 Å². The third-order valence-corrected chi connectivity index (χ3v) is 3.24. The van der Waals surface area contributed by atoms with E-state index in [4.69, 9.17) is 0 Å². The van der Waals surface area contributed by atoms with E-state index in [-0.39, 0.29) is 11.1 Å². The Bertz CT molecular complexity index is 697. The van der Waals surface area contributed by atoms with Gasteiger partial charge in [-0.1, -0.05) is 6.07 Å². The molecule has 0 radical (unpaired) electrons. The first-order valence-electron chi connectivity index (χ1n) is 5.18. The molecule has 88 valence electrons. The number of imide groups is 1. The van der Waals surface area contributed by atoms with Crippen molar-refractivity contribution in [3.63, 3.8) is 0 Å². The number of amides is 2. The van der Waals surface area contributed by atoms with Crippen LogP contribution >= 0.6 is 11.8 Å². The van der Waals surface area contributed by atoms with Crippen molar-refractivity contribution >= 4 is 40.0 Å². The third-order valence-electron chi connectivity index (χ3n) is 2.43. The maximum absolute atomic E-state index is 11.4. The predicted octanol–water partition coefficient (Wildman–Crippen LogP) is 1.95. The lowest BCUT2D eigenvalue weighted by Gasteiger charge is -1.98. The number of hydrogen-bond donors (Lipinski definition) is 1. The van der Waals surface area contributed by atoms with E-state index in [1.807, 2.05) is 18.2 Å². The average Bonchev–Trinajstić information content (AvgIpc) is 2.68. The highest BCUT2D eigenvalue weighted by molar-refractivity contribution is 8.18. The Morgan fingerprint density at radius 1 is 1.11 bits per heavy atom. The third kappa shape index (κ3) is 1.98. The first kappa shape index (κ1) is 10.9. The summed E-state index contributed by atoms with van der Waals surface area (Å²) in [7, 11) is 0. The molecule has 1 aromatic heterocycles. The molecule has 1 saturated heterocycles. The maximum Gasteiger partial charge on any atom is 0.290 e. The molecular weight excluding hydrogens is 250 g/mol. The molecule has 1 aliphatic heterocycles. The van der Waals surface area contributed by atoms with E-state index >= 15 is 0 Å². The molecule has 2 aromatic rings. The summed E-state index contributed by atoms with van der Waals surface area (Å²) in [5.41, 5.74) is 2.36. The zero-order chi connectivity index (χ0) is 12.5. The smallest absolute Gasteiger partial charge is 0.282 e. The Hall–Kier alpha value is -2.21. The second-order valence-corrected chi connectivity index (χ2v) is 4.67. The molecule has 18 heavy (non-hydrogen) atoms. The number of hydrogen-bond acceptors (Lipinski definition) is 5. The minimum absolute atomic E-state index is 0.341. The van der Waals surface area contributed by atoms with Gasteiger partial charge >= 0.3 is 0 Å². The number of nitrogens with one attached hydrogen (secondary N) is 1. The zero-order valence-electron chi connectivity index (χ0n) is 9.08. The van der Waals surface area contributed by atoms with Crippen molar-refractivity contribution in [2.75, 3.05) is 0 Å². The van der Waals surface area contributed by atoms with E-state index in [0.717, 1.165) is 28.4 Å². The van der Waals surface area contributed by atoms with Gasteiger partial charge in [-0.05, 0) is 35.5 Å². The van der Waals surface area contributed by atoms with Crippen molar-refractivity contribution in [1.82, 2.24) is 15.3 Å². The van der Waals surface area contributed by atoms with Gasteiger partial charge < -0.3 is 0 Å². The molecular formula is C12H7N3O2S. The van der Waals surface area contributed by atoms with Crippen molar-refractivity contribution in [2.24, 2.45) is 0 Å². The average molecular weight is 257 g/mol. The van der Waals surface area contributed by atoms with E-state index in [2.05, 4.69) is 15.3 Å². The highest BCUT2D eigenvalue weighted by atomic mass is 32.2. The molecule has 5 nitrogen and oxygen atoms in total. The van der Waals surface area contributed by atoms with Gasteiger partial charge in [0, 0.05) is 12.4 Å². The molecule has 0 spiro atoms. The first-order chi connectivity index (χ1) is 8.72. The topological polar surface area (TPSA) is 72.0 Å². The second kappa shape index (κ2) is 4.23. The molecule has 2 amide bonds. The lowest BCUT2D eigenvalue weighted by Crippen LogP contribution is -2.17. The van der Waals surface area contributed by atoms with E-state index in [0.29, 0.717) is 4.91 Å². The van der Waals surface area contributed by atoms with Crippen molar-refractivity contribution < 1.29 is 9.59 Å². The van der Waals surface area contributed by atoms with Gasteiger partial charge in [0.05, 0.1) is 15.9 Å². The molecule has 1 aliphatic rings. The fourth-order valence-electron chi connectivity index (χ4n) is 1.64. The van der Waals surface area contributed by atoms with Crippen LogP contribution in [0.2, 0.25) is 0 Å². The molecule has 0 saturated carbocycles. The van der Waals surface area contributed by atoms with Gasteiger partial charge in [-0.15, -0.1) is 0 Å². The summed E-state index contributed by atoms with van der Waals surface area (Å²) >= 11 is 0.899. The van der Waals surface area contributed by atoms with E-state index in [1.165, 1.54) is 0 Å². The molecule has 6 heteroatoms. The molecule has 1 N–H and O–H groups in total. The minimum Gasteiger partial charge on any atom is -0.282 e. The molecule has 0 bridgehead atoms. The lowest BCUT2D eigenvalue weighted by atomic mass is 10.2. The predicted molar refractivity (Wildman–Crippen MR) is 68.6 cm³/mol. The molecule has 0 aliphatic carbocycles.